The maximum Gasteiger partial charge on any atom is 0.270 e. The summed E-state index contributed by atoms with van der Waals surface area (Å²) in [5, 5.41) is 5.98. The number of hydrogen-bond donors (Lipinski definition) is 2. The van der Waals surface area contributed by atoms with E-state index in [1.807, 2.05) is 91.0 Å². The zero-order valence-corrected chi connectivity index (χ0v) is 17.4. The summed E-state index contributed by atoms with van der Waals surface area (Å²) in [6, 6.07) is 32.6. The van der Waals surface area contributed by atoms with Gasteiger partial charge in [-0.05, 0) is 28.8 Å². The van der Waals surface area contributed by atoms with Gasteiger partial charge in [0, 0.05) is 6.20 Å². The third kappa shape index (κ3) is 5.08. The second kappa shape index (κ2) is 10.2. The van der Waals surface area contributed by atoms with Gasteiger partial charge in [-0.2, -0.15) is 0 Å². The van der Waals surface area contributed by atoms with E-state index in [-0.39, 0.29) is 17.6 Å². The number of carbonyl (C=O) groups is 2. The predicted octanol–water partition coefficient (Wildman–Crippen LogP) is 4.46. The van der Waals surface area contributed by atoms with E-state index in [4.69, 9.17) is 0 Å². The number of hydrogen-bond acceptors (Lipinski definition) is 3. The molecule has 1 atom stereocenters. The Balaban J connectivity index is 1.64. The van der Waals surface area contributed by atoms with E-state index in [1.165, 1.54) is 0 Å². The molecule has 0 fully saturated rings. The molecule has 0 aliphatic rings. The summed E-state index contributed by atoms with van der Waals surface area (Å²) in [6.45, 7) is 0. The van der Waals surface area contributed by atoms with E-state index in [1.54, 1.807) is 24.4 Å². The maximum absolute atomic E-state index is 13.5. The maximum atomic E-state index is 13.5. The molecule has 3 aromatic carbocycles. The molecule has 0 bridgehead atoms. The Kier molecular flexibility index (Phi) is 6.68. The van der Waals surface area contributed by atoms with Crippen LogP contribution in [0.2, 0.25) is 0 Å². The van der Waals surface area contributed by atoms with Crippen LogP contribution in [0.25, 0.3) is 0 Å². The second-order valence-corrected chi connectivity index (χ2v) is 7.30. The first kappa shape index (κ1) is 21.0. The molecular weight excluding hydrogens is 398 g/mol. The van der Waals surface area contributed by atoms with Gasteiger partial charge >= 0.3 is 0 Å². The number of carbonyl (C=O) groups excluding carboxylic acids is 2. The van der Waals surface area contributed by atoms with Crippen LogP contribution in [0.5, 0.6) is 0 Å². The molecule has 0 aliphatic carbocycles. The highest BCUT2D eigenvalue weighted by Crippen LogP contribution is 2.24. The summed E-state index contributed by atoms with van der Waals surface area (Å²) in [7, 11) is 0. The Bertz CT molecular complexity index is 1110. The van der Waals surface area contributed by atoms with Crippen LogP contribution in [0.4, 0.5) is 0 Å². The van der Waals surface area contributed by atoms with E-state index in [2.05, 4.69) is 15.6 Å². The van der Waals surface area contributed by atoms with Gasteiger partial charge in [0.25, 0.3) is 5.91 Å². The number of pyridine rings is 1. The summed E-state index contributed by atoms with van der Waals surface area (Å²) < 4.78 is 0. The Morgan fingerprint density at radius 2 is 1.09 bits per heavy atom. The number of nitrogens with one attached hydrogen (secondary N) is 2. The standard InChI is InChI=1S/C27H23N3O2/c31-26(23-18-10-11-19-28-23)30-25(22-16-8-3-9-17-22)27(32)29-24(20-12-4-1-5-13-20)21-14-6-2-7-15-21/h1-19,24-25H,(H,29,32)(H,30,31)/t25-/m1/s1. The highest BCUT2D eigenvalue weighted by atomic mass is 16.2. The van der Waals surface area contributed by atoms with Crippen molar-refractivity contribution in [2.75, 3.05) is 0 Å². The fourth-order valence-electron chi connectivity index (χ4n) is 3.52. The fraction of sp³-hybridized carbons (Fsp3) is 0.0741. The molecular formula is C27H23N3O2. The summed E-state index contributed by atoms with van der Waals surface area (Å²) in [6.07, 6.45) is 1.55. The van der Waals surface area contributed by atoms with E-state index < -0.39 is 11.9 Å². The van der Waals surface area contributed by atoms with Crippen LogP contribution >= 0.6 is 0 Å². The van der Waals surface area contributed by atoms with Gasteiger partial charge in [-0.3, -0.25) is 14.6 Å². The molecule has 5 nitrogen and oxygen atoms in total. The van der Waals surface area contributed by atoms with Crippen LogP contribution in [-0.4, -0.2) is 16.8 Å². The molecule has 4 rings (SSSR count). The van der Waals surface area contributed by atoms with E-state index in [9.17, 15) is 9.59 Å². The third-order valence-electron chi connectivity index (χ3n) is 5.12. The number of amides is 2. The van der Waals surface area contributed by atoms with Gasteiger partial charge in [-0.1, -0.05) is 97.1 Å². The van der Waals surface area contributed by atoms with Crippen molar-refractivity contribution in [1.29, 1.82) is 0 Å². The molecule has 0 saturated carbocycles. The van der Waals surface area contributed by atoms with Crippen molar-refractivity contribution >= 4 is 11.8 Å². The van der Waals surface area contributed by atoms with E-state index >= 15 is 0 Å². The summed E-state index contributed by atoms with van der Waals surface area (Å²) in [4.78, 5) is 30.4. The van der Waals surface area contributed by atoms with Gasteiger partial charge in [0.2, 0.25) is 5.91 Å². The molecule has 0 aliphatic heterocycles. The minimum atomic E-state index is -0.874. The van der Waals surface area contributed by atoms with Crippen LogP contribution in [0, 0.1) is 0 Å². The Morgan fingerprint density at radius 3 is 1.59 bits per heavy atom. The minimum absolute atomic E-state index is 0.254. The van der Waals surface area contributed by atoms with Crippen LogP contribution < -0.4 is 10.6 Å². The number of aromatic nitrogens is 1. The van der Waals surface area contributed by atoms with Crippen molar-refractivity contribution in [3.8, 4) is 0 Å². The molecule has 2 amide bonds. The first-order valence-electron chi connectivity index (χ1n) is 10.4. The topological polar surface area (TPSA) is 71.1 Å². The van der Waals surface area contributed by atoms with Gasteiger partial charge in [0.15, 0.2) is 0 Å². The van der Waals surface area contributed by atoms with Gasteiger partial charge in [0.1, 0.15) is 11.7 Å². The lowest BCUT2D eigenvalue weighted by molar-refractivity contribution is -0.123. The average Bonchev–Trinajstić information content (AvgIpc) is 2.87. The van der Waals surface area contributed by atoms with Crippen molar-refractivity contribution in [1.82, 2.24) is 15.6 Å². The summed E-state index contributed by atoms with van der Waals surface area (Å²) in [5.74, 6) is -0.719. The zero-order valence-electron chi connectivity index (χ0n) is 17.4. The molecule has 1 aromatic heterocycles. The van der Waals surface area contributed by atoms with Crippen LogP contribution in [0.15, 0.2) is 115 Å². The van der Waals surface area contributed by atoms with Crippen molar-refractivity contribution in [3.63, 3.8) is 0 Å². The molecule has 0 radical (unpaired) electrons. The molecule has 1 heterocycles. The van der Waals surface area contributed by atoms with E-state index in [0.717, 1.165) is 11.1 Å². The Labute approximate surface area is 187 Å². The molecule has 4 aromatic rings. The molecule has 0 spiro atoms. The Hall–Kier alpha value is -4.25. The highest BCUT2D eigenvalue weighted by Gasteiger charge is 2.27. The predicted molar refractivity (Wildman–Crippen MR) is 124 cm³/mol. The fourth-order valence-corrected chi connectivity index (χ4v) is 3.52. The van der Waals surface area contributed by atoms with Gasteiger partial charge in [-0.15, -0.1) is 0 Å². The van der Waals surface area contributed by atoms with Crippen LogP contribution in [0.1, 0.15) is 39.3 Å². The quantitative estimate of drug-likeness (QED) is 0.463. The molecule has 2 N–H and O–H groups in total. The molecule has 32 heavy (non-hydrogen) atoms. The van der Waals surface area contributed by atoms with Gasteiger partial charge in [0.05, 0.1) is 6.04 Å². The number of nitrogens with zero attached hydrogens (tertiary/aromatic N) is 1. The second-order valence-electron chi connectivity index (χ2n) is 7.30. The first-order valence-corrected chi connectivity index (χ1v) is 10.4. The lowest BCUT2D eigenvalue weighted by Crippen LogP contribution is -2.42. The smallest absolute Gasteiger partial charge is 0.270 e. The van der Waals surface area contributed by atoms with Crippen molar-refractivity contribution < 1.29 is 9.59 Å². The third-order valence-corrected chi connectivity index (χ3v) is 5.12. The van der Waals surface area contributed by atoms with E-state index in [0.29, 0.717) is 5.56 Å². The number of rotatable bonds is 7. The lowest BCUT2D eigenvalue weighted by Gasteiger charge is -2.24. The van der Waals surface area contributed by atoms with Crippen molar-refractivity contribution in [2.24, 2.45) is 0 Å². The number of benzene rings is 3. The summed E-state index contributed by atoms with van der Waals surface area (Å²) in [5.41, 5.74) is 2.85. The van der Waals surface area contributed by atoms with Crippen LogP contribution in [-0.2, 0) is 4.79 Å². The monoisotopic (exact) mass is 421 g/mol. The largest absolute Gasteiger partial charge is 0.343 e. The normalized spacial score (nSPS) is 11.5. The molecule has 5 heteroatoms. The van der Waals surface area contributed by atoms with Gasteiger partial charge < -0.3 is 10.6 Å². The molecule has 0 unspecified atom stereocenters. The van der Waals surface area contributed by atoms with Gasteiger partial charge in [-0.25, -0.2) is 0 Å². The SMILES string of the molecule is O=C(N[C@@H](C(=O)NC(c1ccccc1)c1ccccc1)c1ccccc1)c1ccccn1. The highest BCUT2D eigenvalue weighted by molar-refractivity contribution is 5.96. The zero-order chi connectivity index (χ0) is 22.2. The average molecular weight is 422 g/mol. The van der Waals surface area contributed by atoms with Crippen molar-refractivity contribution in [2.45, 2.75) is 12.1 Å². The first-order chi connectivity index (χ1) is 15.7. The lowest BCUT2D eigenvalue weighted by atomic mass is 9.97. The molecule has 0 saturated heterocycles. The van der Waals surface area contributed by atoms with Crippen molar-refractivity contribution in [3.05, 3.63) is 138 Å². The Morgan fingerprint density at radius 1 is 0.594 bits per heavy atom. The van der Waals surface area contributed by atoms with Crippen LogP contribution in [0.3, 0.4) is 0 Å². The minimum Gasteiger partial charge on any atom is -0.343 e. The summed E-state index contributed by atoms with van der Waals surface area (Å²) >= 11 is 0. The molecule has 158 valence electrons.